The van der Waals surface area contributed by atoms with E-state index in [1.165, 1.54) is 24.3 Å². The van der Waals surface area contributed by atoms with Gasteiger partial charge in [0.1, 0.15) is 11.7 Å². The molecular weight excluding hydrogens is 394 g/mol. The third kappa shape index (κ3) is 9.66. The summed E-state index contributed by atoms with van der Waals surface area (Å²) in [4.78, 5) is 33.7. The number of non-ortho nitro benzene ring substituents is 1. The van der Waals surface area contributed by atoms with E-state index < -0.39 is 35.4 Å². The molecule has 168 valence electrons. The maximum absolute atomic E-state index is 12.1. The molecule has 0 aliphatic heterocycles. The summed E-state index contributed by atoms with van der Waals surface area (Å²) in [6.45, 7) is 5.30. The Morgan fingerprint density at radius 3 is 2.33 bits per heavy atom. The number of carbonyl (C=O) groups excluding carboxylic acids is 2. The second-order valence-corrected chi connectivity index (χ2v) is 7.89. The van der Waals surface area contributed by atoms with Gasteiger partial charge in [-0.3, -0.25) is 14.9 Å². The quantitative estimate of drug-likeness (QED) is 0.241. The SMILES string of the molecule is CC(C)(C)OC(=O)NCCCCCC(=O)N[C@H](CO)[C@H](O)c1ccc([N+](=O)[O-])cc1. The first-order valence-corrected chi connectivity index (χ1v) is 9.83. The molecule has 2 amide bonds. The molecule has 0 fully saturated rings. The number of hydrogen-bond donors (Lipinski definition) is 4. The predicted octanol–water partition coefficient (Wildman–Crippen LogP) is 2.19. The highest BCUT2D eigenvalue weighted by atomic mass is 16.6. The highest BCUT2D eigenvalue weighted by Gasteiger charge is 2.22. The van der Waals surface area contributed by atoms with E-state index in [2.05, 4.69) is 10.6 Å². The molecule has 0 saturated carbocycles. The number of hydrogen-bond acceptors (Lipinski definition) is 7. The number of nitro benzene ring substituents is 1. The number of nitro groups is 1. The van der Waals surface area contributed by atoms with Gasteiger partial charge in [-0.2, -0.15) is 0 Å². The molecule has 1 rings (SSSR count). The number of alkyl carbamates (subject to hydrolysis) is 1. The van der Waals surface area contributed by atoms with Crippen molar-refractivity contribution >= 4 is 17.7 Å². The Balaban J connectivity index is 2.33. The Morgan fingerprint density at radius 1 is 1.17 bits per heavy atom. The highest BCUT2D eigenvalue weighted by Crippen LogP contribution is 2.20. The Kier molecular flexibility index (Phi) is 10.2. The van der Waals surface area contributed by atoms with E-state index >= 15 is 0 Å². The summed E-state index contributed by atoms with van der Waals surface area (Å²) in [6, 6.07) is 4.35. The molecule has 10 nitrogen and oxygen atoms in total. The van der Waals surface area contributed by atoms with Crippen molar-refractivity contribution in [3.63, 3.8) is 0 Å². The molecule has 1 aromatic carbocycles. The van der Waals surface area contributed by atoms with Gasteiger partial charge in [-0.1, -0.05) is 6.42 Å². The molecule has 0 aromatic heterocycles. The van der Waals surface area contributed by atoms with Crippen LogP contribution in [0.25, 0.3) is 0 Å². The van der Waals surface area contributed by atoms with Gasteiger partial charge in [0.05, 0.1) is 17.6 Å². The molecule has 2 atom stereocenters. The van der Waals surface area contributed by atoms with Crippen molar-refractivity contribution in [2.75, 3.05) is 13.2 Å². The number of benzene rings is 1. The van der Waals surface area contributed by atoms with Crippen LogP contribution in [-0.4, -0.2) is 51.9 Å². The summed E-state index contributed by atoms with van der Waals surface area (Å²) in [5.74, 6) is -0.324. The molecule has 0 saturated heterocycles. The monoisotopic (exact) mass is 425 g/mol. The van der Waals surface area contributed by atoms with Crippen LogP contribution in [0.15, 0.2) is 24.3 Å². The van der Waals surface area contributed by atoms with Crippen molar-refractivity contribution in [2.45, 2.75) is 64.2 Å². The van der Waals surface area contributed by atoms with Gasteiger partial charge in [-0.15, -0.1) is 0 Å². The lowest BCUT2D eigenvalue weighted by Crippen LogP contribution is -2.41. The Labute approximate surface area is 175 Å². The van der Waals surface area contributed by atoms with Crippen LogP contribution in [0.2, 0.25) is 0 Å². The molecular formula is C20H31N3O7. The van der Waals surface area contributed by atoms with Crippen LogP contribution in [0.5, 0.6) is 0 Å². The van der Waals surface area contributed by atoms with Crippen molar-refractivity contribution < 1.29 is 29.5 Å². The third-order valence-corrected chi connectivity index (χ3v) is 4.12. The first-order valence-electron chi connectivity index (χ1n) is 9.83. The summed E-state index contributed by atoms with van der Waals surface area (Å²) in [5.41, 5.74) is -0.311. The van der Waals surface area contributed by atoms with E-state index in [0.717, 1.165) is 0 Å². The van der Waals surface area contributed by atoms with Gasteiger partial charge in [0.2, 0.25) is 5.91 Å². The number of carbonyl (C=O) groups is 2. The number of amides is 2. The highest BCUT2D eigenvalue weighted by molar-refractivity contribution is 5.76. The first kappa shape index (κ1) is 25.3. The summed E-state index contributed by atoms with van der Waals surface area (Å²) in [5, 5.41) is 35.7. The largest absolute Gasteiger partial charge is 0.444 e. The molecule has 0 unspecified atom stereocenters. The Bertz CT molecular complexity index is 701. The standard InChI is InChI=1S/C20H31N3O7/c1-20(2,3)30-19(27)21-12-6-4-5-7-17(25)22-16(13-24)18(26)14-8-10-15(11-9-14)23(28)29/h8-11,16,18,24,26H,4-7,12-13H2,1-3H3,(H,21,27)(H,22,25)/t16-,18-/m1/s1. The lowest BCUT2D eigenvalue weighted by molar-refractivity contribution is -0.384. The minimum atomic E-state index is -1.20. The summed E-state index contributed by atoms with van der Waals surface area (Å²) in [6.07, 6.45) is 0.493. The molecule has 0 bridgehead atoms. The van der Waals surface area contributed by atoms with Gasteiger partial charge in [-0.25, -0.2) is 4.79 Å². The molecule has 0 aliphatic rings. The van der Waals surface area contributed by atoms with Crippen molar-refractivity contribution in [1.82, 2.24) is 10.6 Å². The van der Waals surface area contributed by atoms with E-state index in [0.29, 0.717) is 31.4 Å². The number of aliphatic hydroxyl groups excluding tert-OH is 2. The van der Waals surface area contributed by atoms with E-state index in [1.807, 2.05) is 0 Å². The number of unbranched alkanes of at least 4 members (excludes halogenated alkanes) is 2. The molecule has 30 heavy (non-hydrogen) atoms. The molecule has 0 heterocycles. The fourth-order valence-electron chi connectivity index (χ4n) is 2.62. The summed E-state index contributed by atoms with van der Waals surface area (Å²) >= 11 is 0. The minimum absolute atomic E-state index is 0.114. The fraction of sp³-hybridized carbons (Fsp3) is 0.600. The van der Waals surface area contributed by atoms with Crippen LogP contribution in [0, 0.1) is 10.1 Å². The van der Waals surface area contributed by atoms with Gasteiger partial charge < -0.3 is 25.6 Å². The summed E-state index contributed by atoms with van der Waals surface area (Å²) < 4.78 is 5.12. The number of aliphatic hydroxyl groups is 2. The second kappa shape index (κ2) is 12.1. The van der Waals surface area contributed by atoms with Gasteiger partial charge in [0.25, 0.3) is 5.69 Å². The Hall–Kier alpha value is -2.72. The Morgan fingerprint density at radius 2 is 1.80 bits per heavy atom. The zero-order valence-corrected chi connectivity index (χ0v) is 17.6. The van der Waals surface area contributed by atoms with E-state index in [1.54, 1.807) is 20.8 Å². The average Bonchev–Trinajstić information content (AvgIpc) is 2.66. The van der Waals surface area contributed by atoms with Crippen LogP contribution in [0.1, 0.15) is 58.1 Å². The summed E-state index contributed by atoms with van der Waals surface area (Å²) in [7, 11) is 0. The third-order valence-electron chi connectivity index (χ3n) is 4.12. The second-order valence-electron chi connectivity index (χ2n) is 7.89. The molecule has 4 N–H and O–H groups in total. The van der Waals surface area contributed by atoms with Crippen molar-refractivity contribution in [3.05, 3.63) is 39.9 Å². The molecule has 0 aliphatic carbocycles. The van der Waals surface area contributed by atoms with Crippen LogP contribution >= 0.6 is 0 Å². The van der Waals surface area contributed by atoms with Gasteiger partial charge in [0, 0.05) is 25.1 Å². The molecule has 1 aromatic rings. The maximum Gasteiger partial charge on any atom is 0.407 e. The normalized spacial score (nSPS) is 13.2. The van der Waals surface area contributed by atoms with Gasteiger partial charge >= 0.3 is 6.09 Å². The molecule has 0 radical (unpaired) electrons. The van der Waals surface area contributed by atoms with E-state index in [4.69, 9.17) is 4.74 Å². The predicted molar refractivity (Wildman–Crippen MR) is 110 cm³/mol. The number of rotatable bonds is 11. The molecule has 0 spiro atoms. The fourth-order valence-corrected chi connectivity index (χ4v) is 2.62. The zero-order chi connectivity index (χ0) is 22.7. The number of nitrogens with zero attached hydrogens (tertiary/aromatic N) is 1. The average molecular weight is 425 g/mol. The van der Waals surface area contributed by atoms with Gasteiger partial charge in [-0.05, 0) is 51.3 Å². The van der Waals surface area contributed by atoms with Crippen LogP contribution in [0.3, 0.4) is 0 Å². The van der Waals surface area contributed by atoms with E-state index in [-0.39, 0.29) is 18.0 Å². The zero-order valence-electron chi connectivity index (χ0n) is 17.6. The van der Waals surface area contributed by atoms with Crippen LogP contribution < -0.4 is 10.6 Å². The van der Waals surface area contributed by atoms with Crippen molar-refractivity contribution in [3.8, 4) is 0 Å². The lowest BCUT2D eigenvalue weighted by Gasteiger charge is -2.22. The van der Waals surface area contributed by atoms with Gasteiger partial charge in [0.15, 0.2) is 0 Å². The smallest absolute Gasteiger partial charge is 0.407 e. The minimum Gasteiger partial charge on any atom is -0.444 e. The van der Waals surface area contributed by atoms with Crippen LogP contribution in [-0.2, 0) is 9.53 Å². The topological polar surface area (TPSA) is 151 Å². The lowest BCUT2D eigenvalue weighted by atomic mass is 10.0. The first-order chi connectivity index (χ1) is 14.0. The van der Waals surface area contributed by atoms with Crippen molar-refractivity contribution in [2.24, 2.45) is 0 Å². The molecule has 10 heteroatoms. The van der Waals surface area contributed by atoms with E-state index in [9.17, 15) is 29.9 Å². The number of nitrogens with one attached hydrogen (secondary N) is 2. The number of ether oxygens (including phenoxy) is 1. The van der Waals surface area contributed by atoms with Crippen LogP contribution in [0.4, 0.5) is 10.5 Å². The maximum atomic E-state index is 12.1. The van der Waals surface area contributed by atoms with Crippen molar-refractivity contribution in [1.29, 1.82) is 0 Å².